The van der Waals surface area contributed by atoms with Gasteiger partial charge in [-0.25, -0.2) is 0 Å². The minimum absolute atomic E-state index is 0.0104. The van der Waals surface area contributed by atoms with E-state index >= 15 is 0 Å². The van der Waals surface area contributed by atoms with Crippen molar-refractivity contribution in [2.75, 3.05) is 0 Å². The fourth-order valence-corrected chi connectivity index (χ4v) is 5.29. The Labute approximate surface area is 200 Å². The Bertz CT molecular complexity index is 1270. The van der Waals surface area contributed by atoms with Gasteiger partial charge in [-0.15, -0.1) is 0 Å². The Morgan fingerprint density at radius 2 is 1.70 bits per heavy atom. The van der Waals surface area contributed by atoms with Crippen LogP contribution in [0.4, 0.5) is 0 Å². The van der Waals surface area contributed by atoms with E-state index in [2.05, 4.69) is 83.0 Å². The summed E-state index contributed by atoms with van der Waals surface area (Å²) in [5.41, 5.74) is 8.33. The molecule has 1 saturated heterocycles. The van der Waals surface area contributed by atoms with Gasteiger partial charge in [0, 0.05) is 47.8 Å². The predicted octanol–water partition coefficient (Wildman–Crippen LogP) is 5.37. The van der Waals surface area contributed by atoms with Gasteiger partial charge < -0.3 is 14.8 Å². The average molecular weight is 454 g/mol. The molecule has 0 radical (unpaired) electrons. The van der Waals surface area contributed by atoms with Gasteiger partial charge in [0.1, 0.15) is 0 Å². The van der Waals surface area contributed by atoms with Gasteiger partial charge in [-0.2, -0.15) is 0 Å². The predicted molar refractivity (Wildman–Crippen MR) is 135 cm³/mol. The number of benzene rings is 1. The molecule has 1 aromatic carbocycles. The monoisotopic (exact) mass is 453 g/mol. The van der Waals surface area contributed by atoms with Gasteiger partial charge in [0.05, 0.1) is 17.8 Å². The molecule has 0 spiro atoms. The van der Waals surface area contributed by atoms with Crippen molar-refractivity contribution in [1.82, 2.24) is 24.8 Å². The number of para-hydroxylation sites is 1. The minimum Gasteiger partial charge on any atom is -0.352 e. The van der Waals surface area contributed by atoms with Gasteiger partial charge in [-0.1, -0.05) is 30.3 Å². The molecule has 6 heteroatoms. The normalized spacial score (nSPS) is 17.9. The third-order valence-corrected chi connectivity index (χ3v) is 6.94. The van der Waals surface area contributed by atoms with E-state index in [1.165, 1.54) is 28.2 Å². The first-order valence-corrected chi connectivity index (χ1v) is 11.6. The first-order chi connectivity index (χ1) is 16.1. The largest absolute Gasteiger partial charge is 0.352 e. The summed E-state index contributed by atoms with van der Waals surface area (Å²) in [5, 5.41) is 4.32. The summed E-state index contributed by atoms with van der Waals surface area (Å²) in [7, 11) is 0. The first kappa shape index (κ1) is 21.3. The number of rotatable bonds is 5. The lowest BCUT2D eigenvalue weighted by Gasteiger charge is -2.29. The first-order valence-electron chi connectivity index (χ1n) is 11.2. The Hall–Kier alpha value is -3.51. The third kappa shape index (κ3) is 3.80. The number of hydrogen-bond acceptors (Lipinski definition) is 3. The second kappa shape index (κ2) is 8.79. The van der Waals surface area contributed by atoms with Gasteiger partial charge >= 0.3 is 0 Å². The smallest absolute Gasteiger partial charge is 0.170 e. The molecule has 0 saturated carbocycles. The molecule has 33 heavy (non-hydrogen) atoms. The molecule has 166 valence electrons. The molecule has 4 heterocycles. The molecule has 1 aliphatic rings. The van der Waals surface area contributed by atoms with Crippen molar-refractivity contribution in [2.45, 2.75) is 39.4 Å². The number of pyridine rings is 2. The molecule has 0 amide bonds. The molecule has 0 bridgehead atoms. The van der Waals surface area contributed by atoms with E-state index in [1.54, 1.807) is 6.20 Å². The number of nitrogens with zero attached hydrogens (tertiary/aromatic N) is 4. The van der Waals surface area contributed by atoms with Crippen molar-refractivity contribution in [2.24, 2.45) is 0 Å². The van der Waals surface area contributed by atoms with Crippen LogP contribution in [-0.4, -0.2) is 24.5 Å². The van der Waals surface area contributed by atoms with Crippen LogP contribution in [-0.2, 0) is 6.54 Å². The number of hydrogen-bond donors (Lipinski definition) is 1. The Morgan fingerprint density at radius 1 is 0.909 bits per heavy atom. The molecule has 1 fully saturated rings. The Morgan fingerprint density at radius 3 is 2.39 bits per heavy atom. The number of nitrogens with one attached hydrogen (secondary N) is 1. The summed E-state index contributed by atoms with van der Waals surface area (Å²) >= 11 is 5.87. The second-order valence-electron chi connectivity index (χ2n) is 8.50. The van der Waals surface area contributed by atoms with Crippen LogP contribution in [0.3, 0.4) is 0 Å². The Balaban J connectivity index is 1.67. The molecule has 3 aromatic heterocycles. The molecule has 0 aliphatic carbocycles. The van der Waals surface area contributed by atoms with E-state index < -0.39 is 0 Å². The highest BCUT2D eigenvalue weighted by Crippen LogP contribution is 2.44. The maximum Gasteiger partial charge on any atom is 0.170 e. The van der Waals surface area contributed by atoms with Crippen molar-refractivity contribution in [1.29, 1.82) is 0 Å². The summed E-state index contributed by atoms with van der Waals surface area (Å²) < 4.78 is 2.35. The van der Waals surface area contributed by atoms with E-state index in [4.69, 9.17) is 17.2 Å². The zero-order valence-electron chi connectivity index (χ0n) is 19.1. The number of thiocarbonyl (C=S) groups is 1. The summed E-state index contributed by atoms with van der Waals surface area (Å²) in [5.74, 6) is 0. The molecule has 1 N–H and O–H groups in total. The quantitative estimate of drug-likeness (QED) is 0.412. The van der Waals surface area contributed by atoms with E-state index in [0.29, 0.717) is 6.54 Å². The lowest BCUT2D eigenvalue weighted by molar-refractivity contribution is 0.309. The standard InChI is InChI=1S/C27H27N5S/c1-18-19(2)32(22-11-5-4-6-12-22)20(3)24(18)26-25(23-13-7-8-15-29-23)30-27(33)31(26)17-21-10-9-14-28-16-21/h4-16,25-26H,17H2,1-3H3,(H,30,33)/t25-,26+/m1/s1. The van der Waals surface area contributed by atoms with E-state index in [0.717, 1.165) is 16.4 Å². The van der Waals surface area contributed by atoms with E-state index in [1.807, 2.05) is 30.6 Å². The van der Waals surface area contributed by atoms with Crippen LogP contribution in [0.15, 0.2) is 79.3 Å². The molecule has 4 aromatic rings. The summed E-state index contributed by atoms with van der Waals surface area (Å²) in [6.45, 7) is 7.31. The van der Waals surface area contributed by atoms with Crippen LogP contribution in [0.2, 0.25) is 0 Å². The molecule has 1 aliphatic heterocycles. The van der Waals surface area contributed by atoms with Gasteiger partial charge in [-0.3, -0.25) is 9.97 Å². The minimum atomic E-state index is -0.0428. The van der Waals surface area contributed by atoms with Crippen molar-refractivity contribution in [3.63, 3.8) is 0 Å². The summed E-state index contributed by atoms with van der Waals surface area (Å²) in [6.07, 6.45) is 5.56. The molecule has 2 atom stereocenters. The van der Waals surface area contributed by atoms with Crippen LogP contribution in [0.1, 0.15) is 45.9 Å². The molecule has 0 unspecified atom stereocenters. The van der Waals surface area contributed by atoms with Gasteiger partial charge in [0.15, 0.2) is 5.11 Å². The summed E-state index contributed by atoms with van der Waals surface area (Å²) in [4.78, 5) is 11.3. The molecule has 5 nitrogen and oxygen atoms in total. The molecule has 5 rings (SSSR count). The van der Waals surface area contributed by atoms with Crippen LogP contribution >= 0.6 is 12.2 Å². The van der Waals surface area contributed by atoms with Gasteiger partial charge in [0.2, 0.25) is 0 Å². The fraction of sp³-hybridized carbons (Fsp3) is 0.222. The topological polar surface area (TPSA) is 46.0 Å². The second-order valence-corrected chi connectivity index (χ2v) is 8.88. The van der Waals surface area contributed by atoms with Gasteiger partial charge in [0.25, 0.3) is 0 Å². The van der Waals surface area contributed by atoms with E-state index in [-0.39, 0.29) is 12.1 Å². The highest BCUT2D eigenvalue weighted by Gasteiger charge is 2.42. The number of aromatic nitrogens is 3. The zero-order valence-corrected chi connectivity index (χ0v) is 19.9. The average Bonchev–Trinajstić information content (AvgIpc) is 3.27. The fourth-order valence-electron chi connectivity index (χ4n) is 4.98. The van der Waals surface area contributed by atoms with Crippen molar-refractivity contribution in [3.8, 4) is 5.69 Å². The highest BCUT2D eigenvalue weighted by atomic mass is 32.1. The molecular weight excluding hydrogens is 426 g/mol. The third-order valence-electron chi connectivity index (χ3n) is 6.59. The summed E-state index contributed by atoms with van der Waals surface area (Å²) in [6, 6.07) is 20.6. The van der Waals surface area contributed by atoms with Crippen molar-refractivity contribution in [3.05, 3.63) is 113 Å². The lowest BCUT2D eigenvalue weighted by Crippen LogP contribution is -2.29. The maximum atomic E-state index is 5.87. The zero-order chi connectivity index (χ0) is 22.9. The highest BCUT2D eigenvalue weighted by molar-refractivity contribution is 7.80. The van der Waals surface area contributed by atoms with Crippen LogP contribution < -0.4 is 5.32 Å². The van der Waals surface area contributed by atoms with Crippen molar-refractivity contribution >= 4 is 17.3 Å². The van der Waals surface area contributed by atoms with Crippen LogP contribution in [0, 0.1) is 20.8 Å². The molecular formula is C27H27N5S. The maximum absolute atomic E-state index is 5.87. The van der Waals surface area contributed by atoms with Crippen LogP contribution in [0.5, 0.6) is 0 Å². The SMILES string of the molecule is Cc1c([C@H]2[C@@H](c3ccccn3)NC(=S)N2Cc2cccnc2)c(C)n(-c2ccccc2)c1C. The van der Waals surface area contributed by atoms with Crippen LogP contribution in [0.25, 0.3) is 5.69 Å². The van der Waals surface area contributed by atoms with Gasteiger partial charge in [-0.05, 0) is 74.4 Å². The lowest BCUT2D eigenvalue weighted by atomic mass is 9.93. The van der Waals surface area contributed by atoms with E-state index in [9.17, 15) is 0 Å². The Kier molecular flexibility index (Phi) is 5.68. The van der Waals surface area contributed by atoms with Crippen molar-refractivity contribution < 1.29 is 0 Å².